The van der Waals surface area contributed by atoms with E-state index in [-0.39, 0.29) is 126 Å². The molecule has 756 valence electrons. The van der Waals surface area contributed by atoms with E-state index in [4.69, 9.17) is 29.9 Å². The SMILES string of the molecule is Cn1[c-]nc(-n2ccc3c4cccc(-c5nccn5C)c4[n-]c32)c1.Cn1[c-]nc(-n2ccc3c4cccc(-c5nccn5C)c4[n-]c32)c1.Cn1[c-]nc(-n2ccc3c4cccc(-c5nccn5C)c4[n-]c32)c1.Cn1cnc(-n2ccc3c4cccc(-c5n[c-]cn5C)c4[n-]c32)c1.Cn1cnc(-n2ccc3c4cccc(-c5n[c-]cn5C)c4[n-]c32)c1.Cn1cnc(-n2ccc3c4cccc(-c5n[c-]cn5C)c4[n-]c32)c1.[Pt+2].[Pt+2].[Pt+2].[Pt+2].[Pt+2].[Pt+2]. The van der Waals surface area contributed by atoms with Gasteiger partial charge in [0.2, 0.25) is 0 Å². The Bertz CT molecular complexity index is 8600. The first-order valence-electron chi connectivity index (χ1n) is 46.0. The van der Waals surface area contributed by atoms with Gasteiger partial charge >= 0.3 is 126 Å². The van der Waals surface area contributed by atoms with Crippen LogP contribution >= 0.6 is 0 Å². The molecule has 0 spiro atoms. The summed E-state index contributed by atoms with van der Waals surface area (Å²) in [5.74, 6) is 10.4. The van der Waals surface area contributed by atoms with Gasteiger partial charge in [-0.1, -0.05) is 252 Å². The molecule has 6 aromatic carbocycles. The van der Waals surface area contributed by atoms with Gasteiger partial charge in [-0.3, -0.25) is 0 Å². The van der Waals surface area contributed by atoms with E-state index in [1.54, 1.807) is 37.6 Å². The second-order valence-electron chi connectivity index (χ2n) is 35.5. The van der Waals surface area contributed by atoms with Crippen molar-refractivity contribution in [2.24, 2.45) is 84.6 Å². The maximum absolute atomic E-state index is 4.90. The van der Waals surface area contributed by atoms with Crippen molar-refractivity contribution in [2.45, 2.75) is 0 Å². The third kappa shape index (κ3) is 18.0. The number of hydrogen-bond donors (Lipinski definition) is 0. The monoisotopic (exact) mass is 3050 g/mol. The molecule has 30 aromatic rings. The summed E-state index contributed by atoms with van der Waals surface area (Å²) in [4.78, 5) is 82.1. The smallest absolute Gasteiger partial charge is 0.467 e. The molecule has 0 aliphatic carbocycles. The molecule has 0 N–H and O–H groups in total. The van der Waals surface area contributed by atoms with Crippen molar-refractivity contribution in [1.82, 2.24) is 172 Å². The van der Waals surface area contributed by atoms with Crippen LogP contribution in [0.3, 0.4) is 0 Å². The van der Waals surface area contributed by atoms with Gasteiger partial charge in [-0.25, -0.2) is 29.9 Å². The second-order valence-corrected chi connectivity index (χ2v) is 35.5. The molecule has 0 bridgehead atoms. The number of hydrogen-bond acceptors (Lipinski definition) is 12. The summed E-state index contributed by atoms with van der Waals surface area (Å²) in [7, 11) is 23.5. The van der Waals surface area contributed by atoms with Crippen molar-refractivity contribution < 1.29 is 126 Å². The minimum absolute atomic E-state index is 0. The number of imidazole rings is 12. The fraction of sp³-hybridized carbons (Fsp3) is 0.111. The average Bonchev–Trinajstić information content (AvgIpc) is 1.62. The average molecular weight is 3060 g/mol. The van der Waals surface area contributed by atoms with Crippen LogP contribution < -0.4 is 29.9 Å². The fourth-order valence-electron chi connectivity index (χ4n) is 19.2. The van der Waals surface area contributed by atoms with Crippen LogP contribution in [-0.4, -0.2) is 142 Å². The maximum Gasteiger partial charge on any atom is 2.00 e. The molecule has 0 aliphatic heterocycles. The zero-order chi connectivity index (χ0) is 97.6. The molecule has 0 unspecified atom stereocenters. The zero-order valence-corrected chi connectivity index (χ0v) is 95.3. The zero-order valence-electron chi connectivity index (χ0n) is 81.7. The van der Waals surface area contributed by atoms with Gasteiger partial charge in [-0.2, -0.15) is 0 Å². The molecule has 150 heavy (non-hydrogen) atoms. The number of fused-ring (bicyclic) bond motifs is 18. The first-order valence-corrected chi connectivity index (χ1v) is 46.0. The largest absolute Gasteiger partial charge is 2.00 e. The Hall–Kier alpha value is -15.6. The van der Waals surface area contributed by atoms with Crippen LogP contribution in [0.25, 0.3) is 235 Å². The van der Waals surface area contributed by atoms with E-state index in [9.17, 15) is 0 Å². The van der Waals surface area contributed by atoms with E-state index in [0.29, 0.717) is 0 Å². The Kier molecular flexibility index (Phi) is 28.8. The first kappa shape index (κ1) is 103. The molecule has 42 heteroatoms. The van der Waals surface area contributed by atoms with E-state index in [1.165, 1.54) is 0 Å². The van der Waals surface area contributed by atoms with Gasteiger partial charge in [0.25, 0.3) is 0 Å². The topological polar surface area (TPSA) is 328 Å². The predicted octanol–water partition coefficient (Wildman–Crippen LogP) is 16.0. The summed E-state index contributed by atoms with van der Waals surface area (Å²) in [6.07, 6.45) is 63.3. The minimum Gasteiger partial charge on any atom is -0.467 e. The third-order valence-electron chi connectivity index (χ3n) is 26.0. The number of rotatable bonds is 12. The van der Waals surface area contributed by atoms with Crippen LogP contribution in [-0.2, 0) is 211 Å². The van der Waals surface area contributed by atoms with Crippen molar-refractivity contribution in [3.8, 4) is 103 Å². The molecule has 0 fully saturated rings. The van der Waals surface area contributed by atoms with Crippen molar-refractivity contribution >= 4 is 132 Å². The first-order chi connectivity index (χ1) is 70.3. The Balaban J connectivity index is 0.000000112. The summed E-state index contributed by atoms with van der Waals surface area (Å²) in [6.45, 7) is 0. The molecule has 24 heterocycles. The molecular weight excluding hydrogens is 2970 g/mol. The Morgan fingerprint density at radius 1 is 0.207 bits per heavy atom. The van der Waals surface area contributed by atoms with E-state index in [2.05, 4.69) is 225 Å². The van der Waals surface area contributed by atoms with E-state index >= 15 is 0 Å². The standard InChI is InChI=1S/6C18H14N6.6Pt/c6*1-22-10-15(20-11-22)24-8-6-13-12-4-3-5-14(16(12)21-18(13)24)17-19-7-9-23(17)2;;;;;;/h3*3-6,8-11H,1-2H3;3*3-10H,1-2H3;;;;;;/q6*-2;6*+2. The number of aryl methyl sites for hydroxylation is 12. The quantitative estimate of drug-likeness (QED) is 0.103. The number of aromatic nitrogens is 36. The van der Waals surface area contributed by atoms with Gasteiger partial charge in [0.1, 0.15) is 17.5 Å². The molecule has 0 atom stereocenters. The Labute approximate surface area is 941 Å². The van der Waals surface area contributed by atoms with Gasteiger partial charge in [-0.15, -0.1) is 37.2 Å². The van der Waals surface area contributed by atoms with Crippen molar-refractivity contribution in [3.05, 3.63) is 332 Å². The fourth-order valence-corrected chi connectivity index (χ4v) is 19.2. The van der Waals surface area contributed by atoms with E-state index < -0.39 is 0 Å². The van der Waals surface area contributed by atoms with Crippen molar-refractivity contribution in [3.63, 3.8) is 0 Å². The second kappa shape index (κ2) is 41.9. The Morgan fingerprint density at radius 2 is 0.420 bits per heavy atom. The van der Waals surface area contributed by atoms with Crippen molar-refractivity contribution in [1.29, 1.82) is 0 Å². The number of benzene rings is 6. The summed E-state index contributed by atoms with van der Waals surface area (Å²) >= 11 is 0. The van der Waals surface area contributed by atoms with Crippen molar-refractivity contribution in [2.75, 3.05) is 0 Å². The molecule has 36 nitrogen and oxygen atoms in total. The van der Waals surface area contributed by atoms with Gasteiger partial charge in [-0.05, 0) is 174 Å². The third-order valence-corrected chi connectivity index (χ3v) is 26.0. The van der Waals surface area contributed by atoms with E-state index in [1.807, 2.05) is 297 Å². The molecule has 0 radical (unpaired) electrons. The molecule has 0 saturated carbocycles. The molecule has 0 amide bonds. The van der Waals surface area contributed by atoms with Crippen LogP contribution in [0.2, 0.25) is 0 Å². The van der Waals surface area contributed by atoms with Gasteiger partial charge in [0.05, 0.1) is 36.4 Å². The molecule has 30 rings (SSSR count). The predicted molar refractivity (Wildman–Crippen MR) is 551 cm³/mol. The summed E-state index contributed by atoms with van der Waals surface area (Å²) in [6, 6.07) is 49.8. The number of nitrogens with zero attached hydrogens (tertiary/aromatic N) is 36. The van der Waals surface area contributed by atoms with Crippen LogP contribution in [0.4, 0.5) is 0 Å². The summed E-state index contributed by atoms with van der Waals surface area (Å²) in [5, 5.41) is 13.5. The maximum atomic E-state index is 4.90. The normalized spacial score (nSPS) is 11.3. The van der Waals surface area contributed by atoms with Gasteiger partial charge in [0, 0.05) is 134 Å². The van der Waals surface area contributed by atoms with Crippen LogP contribution in [0.1, 0.15) is 0 Å². The minimum atomic E-state index is 0. The van der Waals surface area contributed by atoms with Crippen LogP contribution in [0.5, 0.6) is 0 Å². The van der Waals surface area contributed by atoms with Crippen LogP contribution in [0, 0.1) is 37.6 Å². The molecule has 0 aliphatic rings. The molecular formula is C108H84N36Pt6. The summed E-state index contributed by atoms with van der Waals surface area (Å²) in [5.41, 5.74) is 17.3. The van der Waals surface area contributed by atoms with Gasteiger partial charge in [0.15, 0.2) is 0 Å². The Morgan fingerprint density at radius 3 is 0.593 bits per heavy atom. The molecule has 0 saturated heterocycles. The molecule has 24 aromatic heterocycles. The summed E-state index contributed by atoms with van der Waals surface area (Å²) < 4.78 is 35.2. The van der Waals surface area contributed by atoms with Crippen LogP contribution in [0.15, 0.2) is 295 Å². The van der Waals surface area contributed by atoms with Gasteiger partial charge < -0.3 is 142 Å². The number of para-hydroxylation sites is 6. The van der Waals surface area contributed by atoms with E-state index in [0.717, 1.165) is 235 Å².